The first-order valence-corrected chi connectivity index (χ1v) is 8.91. The van der Waals surface area contributed by atoms with Crippen molar-refractivity contribution >= 4 is 11.6 Å². The minimum Gasteiger partial charge on any atom is -0.491 e. The normalized spacial score (nSPS) is 11.3. The van der Waals surface area contributed by atoms with Crippen LogP contribution in [0.5, 0.6) is 11.6 Å². The summed E-state index contributed by atoms with van der Waals surface area (Å²) in [6.07, 6.45) is -1.54. The maximum Gasteiger partial charge on any atom is 0.423 e. The van der Waals surface area contributed by atoms with E-state index in [-0.39, 0.29) is 12.6 Å². The van der Waals surface area contributed by atoms with Gasteiger partial charge in [-0.25, -0.2) is 4.98 Å². The second-order valence-corrected chi connectivity index (χ2v) is 5.96. The number of hydrogen-bond acceptors (Lipinski definition) is 5. The summed E-state index contributed by atoms with van der Waals surface area (Å²) in [6.45, 7) is 4.62. The highest BCUT2D eigenvalue weighted by atomic mass is 19.4. The smallest absolute Gasteiger partial charge is 0.423 e. The number of nitrogens with zero attached hydrogens (tertiary/aromatic N) is 3. The van der Waals surface area contributed by atoms with Crippen LogP contribution in [0.2, 0.25) is 0 Å². The van der Waals surface area contributed by atoms with Gasteiger partial charge in [0.05, 0.1) is 18.9 Å². The molecule has 0 spiro atoms. The van der Waals surface area contributed by atoms with Crippen molar-refractivity contribution in [2.24, 2.45) is 0 Å². The molecule has 148 valence electrons. The fourth-order valence-electron chi connectivity index (χ4n) is 2.31. The summed E-state index contributed by atoms with van der Waals surface area (Å²) in [5.41, 5.74) is -0.323. The van der Waals surface area contributed by atoms with Crippen LogP contribution in [-0.2, 0) is 6.18 Å². The van der Waals surface area contributed by atoms with E-state index in [4.69, 9.17) is 9.47 Å². The SMILES string of the molecule is CCCCOc1nc(N(C)c2ccccc2OCCC)ncc1C(F)(F)F. The zero-order valence-corrected chi connectivity index (χ0v) is 15.7. The lowest BCUT2D eigenvalue weighted by atomic mass is 10.2. The third-order valence-corrected chi connectivity index (χ3v) is 3.77. The lowest BCUT2D eigenvalue weighted by molar-refractivity contribution is -0.139. The van der Waals surface area contributed by atoms with E-state index < -0.39 is 17.6 Å². The van der Waals surface area contributed by atoms with E-state index in [2.05, 4.69) is 9.97 Å². The fraction of sp³-hybridized carbons (Fsp3) is 0.474. The van der Waals surface area contributed by atoms with Crippen LogP contribution in [0.25, 0.3) is 0 Å². The van der Waals surface area contributed by atoms with Crippen molar-refractivity contribution in [3.05, 3.63) is 36.0 Å². The predicted molar refractivity (Wildman–Crippen MR) is 97.7 cm³/mol. The first kappa shape index (κ1) is 20.8. The van der Waals surface area contributed by atoms with Crippen molar-refractivity contribution in [3.63, 3.8) is 0 Å². The molecule has 0 saturated heterocycles. The fourth-order valence-corrected chi connectivity index (χ4v) is 2.31. The molecule has 0 atom stereocenters. The Kier molecular flexibility index (Phi) is 7.27. The molecular weight excluding hydrogens is 359 g/mol. The summed E-state index contributed by atoms with van der Waals surface area (Å²) in [6, 6.07) is 7.23. The van der Waals surface area contributed by atoms with Crippen molar-refractivity contribution < 1.29 is 22.6 Å². The summed E-state index contributed by atoms with van der Waals surface area (Å²) in [4.78, 5) is 9.50. The van der Waals surface area contributed by atoms with Gasteiger partial charge in [0.1, 0.15) is 11.3 Å². The molecule has 0 unspecified atom stereocenters. The Morgan fingerprint density at radius 3 is 2.44 bits per heavy atom. The maximum atomic E-state index is 13.2. The summed E-state index contributed by atoms with van der Waals surface area (Å²) in [5.74, 6) is 0.251. The topological polar surface area (TPSA) is 47.5 Å². The number of rotatable bonds is 9. The van der Waals surface area contributed by atoms with Crippen LogP contribution >= 0.6 is 0 Å². The molecule has 8 heteroatoms. The highest BCUT2D eigenvalue weighted by Gasteiger charge is 2.36. The van der Waals surface area contributed by atoms with Gasteiger partial charge in [-0.1, -0.05) is 32.4 Å². The van der Waals surface area contributed by atoms with E-state index in [1.807, 2.05) is 26.0 Å². The summed E-state index contributed by atoms with van der Waals surface area (Å²) < 4.78 is 50.7. The van der Waals surface area contributed by atoms with Gasteiger partial charge in [-0.3, -0.25) is 0 Å². The Morgan fingerprint density at radius 2 is 1.78 bits per heavy atom. The molecule has 5 nitrogen and oxygen atoms in total. The summed E-state index contributed by atoms with van der Waals surface area (Å²) >= 11 is 0. The molecule has 0 aliphatic heterocycles. The lowest BCUT2D eigenvalue weighted by Gasteiger charge is -2.22. The van der Waals surface area contributed by atoms with Gasteiger partial charge < -0.3 is 14.4 Å². The number of halogens is 3. The number of unbranched alkanes of at least 4 members (excludes halogenated alkanes) is 1. The van der Waals surface area contributed by atoms with Gasteiger partial charge in [-0.2, -0.15) is 18.2 Å². The van der Waals surface area contributed by atoms with Gasteiger partial charge in [0.15, 0.2) is 0 Å². The minimum atomic E-state index is -4.58. The van der Waals surface area contributed by atoms with Crippen LogP contribution in [-0.4, -0.2) is 30.2 Å². The van der Waals surface area contributed by atoms with Crippen molar-refractivity contribution in [1.29, 1.82) is 0 Å². The van der Waals surface area contributed by atoms with Crippen molar-refractivity contribution in [2.45, 2.75) is 39.3 Å². The molecule has 2 aromatic rings. The van der Waals surface area contributed by atoms with E-state index in [1.165, 1.54) is 0 Å². The van der Waals surface area contributed by atoms with E-state index in [9.17, 15) is 13.2 Å². The molecule has 0 amide bonds. The van der Waals surface area contributed by atoms with Crippen LogP contribution in [0, 0.1) is 0 Å². The van der Waals surface area contributed by atoms with Gasteiger partial charge in [0.25, 0.3) is 0 Å². The van der Waals surface area contributed by atoms with Gasteiger partial charge in [-0.15, -0.1) is 0 Å². The summed E-state index contributed by atoms with van der Waals surface area (Å²) in [7, 11) is 1.67. The molecule has 1 aromatic heterocycles. The van der Waals surface area contributed by atoms with E-state index in [0.717, 1.165) is 19.0 Å². The molecular formula is C19H24F3N3O2. The van der Waals surface area contributed by atoms with Crippen LogP contribution in [0.3, 0.4) is 0 Å². The van der Waals surface area contributed by atoms with Crippen LogP contribution < -0.4 is 14.4 Å². The standard InChI is InChI=1S/C19H24F3N3O2/c1-4-6-12-27-17-14(19(20,21)22)13-23-18(24-17)25(3)15-9-7-8-10-16(15)26-11-5-2/h7-10,13H,4-6,11-12H2,1-3H3. The van der Waals surface area contributed by atoms with Crippen LogP contribution in [0.15, 0.2) is 30.5 Å². The largest absolute Gasteiger partial charge is 0.491 e. The average Bonchev–Trinajstić information content (AvgIpc) is 2.65. The summed E-state index contributed by atoms with van der Waals surface area (Å²) in [5, 5.41) is 0. The quantitative estimate of drug-likeness (QED) is 0.555. The number of anilines is 2. The second-order valence-electron chi connectivity index (χ2n) is 5.96. The Labute approximate surface area is 157 Å². The van der Waals surface area contributed by atoms with Gasteiger partial charge in [0.2, 0.25) is 11.8 Å². The Bertz CT molecular complexity index is 738. The Balaban J connectivity index is 2.36. The van der Waals surface area contributed by atoms with Crippen molar-refractivity contribution in [3.8, 4) is 11.6 Å². The Morgan fingerprint density at radius 1 is 1.04 bits per heavy atom. The zero-order valence-electron chi connectivity index (χ0n) is 15.7. The molecule has 0 radical (unpaired) electrons. The minimum absolute atomic E-state index is 0.0991. The first-order chi connectivity index (χ1) is 12.9. The maximum absolute atomic E-state index is 13.2. The highest BCUT2D eigenvalue weighted by molar-refractivity contribution is 5.65. The first-order valence-electron chi connectivity index (χ1n) is 8.91. The van der Waals surface area contributed by atoms with E-state index >= 15 is 0 Å². The van der Waals surface area contributed by atoms with Crippen molar-refractivity contribution in [2.75, 3.05) is 25.2 Å². The molecule has 0 fully saturated rings. The molecule has 1 aromatic carbocycles. The lowest BCUT2D eigenvalue weighted by Crippen LogP contribution is -2.18. The monoisotopic (exact) mass is 383 g/mol. The van der Waals surface area contributed by atoms with Crippen molar-refractivity contribution in [1.82, 2.24) is 9.97 Å². The second kappa shape index (κ2) is 9.43. The van der Waals surface area contributed by atoms with Crippen LogP contribution in [0.4, 0.5) is 24.8 Å². The molecule has 1 heterocycles. The molecule has 27 heavy (non-hydrogen) atoms. The number of benzene rings is 1. The average molecular weight is 383 g/mol. The highest BCUT2D eigenvalue weighted by Crippen LogP contribution is 2.37. The number of para-hydroxylation sites is 2. The third-order valence-electron chi connectivity index (χ3n) is 3.77. The number of alkyl halides is 3. The molecule has 2 rings (SSSR count). The predicted octanol–water partition coefficient (Wildman–Crippen LogP) is 5.23. The molecule has 0 aliphatic rings. The van der Waals surface area contributed by atoms with E-state index in [0.29, 0.717) is 24.5 Å². The van der Waals surface area contributed by atoms with E-state index in [1.54, 1.807) is 24.1 Å². The van der Waals surface area contributed by atoms with Gasteiger partial charge >= 0.3 is 6.18 Å². The number of ether oxygens (including phenoxy) is 2. The third kappa shape index (κ3) is 5.48. The molecule has 0 N–H and O–H groups in total. The molecule has 0 saturated carbocycles. The van der Waals surface area contributed by atoms with Gasteiger partial charge in [0, 0.05) is 13.2 Å². The Hall–Kier alpha value is -2.51. The zero-order chi connectivity index (χ0) is 19.9. The van der Waals surface area contributed by atoms with Crippen LogP contribution in [0.1, 0.15) is 38.7 Å². The van der Waals surface area contributed by atoms with Gasteiger partial charge in [-0.05, 0) is 25.0 Å². The number of aromatic nitrogens is 2. The molecule has 0 bridgehead atoms. The number of hydrogen-bond donors (Lipinski definition) is 0. The molecule has 0 aliphatic carbocycles.